The zero-order valence-electron chi connectivity index (χ0n) is 6.31. The Balaban J connectivity index is 0.000000291. The summed E-state index contributed by atoms with van der Waals surface area (Å²) in [5.74, 6) is 0.931. The molecule has 52 valence electrons. The van der Waals surface area contributed by atoms with Crippen LogP contribution >= 0.6 is 0 Å². The summed E-state index contributed by atoms with van der Waals surface area (Å²) in [6.07, 6.45) is 3.77. The molecule has 9 heavy (non-hydrogen) atoms. The Hall–Kier alpha value is -0.920. The van der Waals surface area contributed by atoms with E-state index in [0.717, 1.165) is 5.82 Å². The second-order valence-corrected chi connectivity index (χ2v) is 1.52. The highest BCUT2D eigenvalue weighted by Crippen LogP contribution is 1.99. The molecule has 2 heteroatoms. The summed E-state index contributed by atoms with van der Waals surface area (Å²) in [5, 5.41) is 2.92. The Labute approximate surface area is 56.9 Å². The maximum atomic E-state index is 3.69. The van der Waals surface area contributed by atoms with E-state index in [1.807, 2.05) is 38.2 Å². The molecule has 0 fully saturated rings. The predicted molar refractivity (Wildman–Crippen MR) is 40.5 cm³/mol. The van der Waals surface area contributed by atoms with E-state index in [1.54, 1.807) is 0 Å². The van der Waals surface area contributed by atoms with Crippen LogP contribution in [0.5, 0.6) is 0 Å². The van der Waals surface area contributed by atoms with E-state index in [2.05, 4.69) is 11.9 Å². The first-order valence-electron chi connectivity index (χ1n) is 3.15. The Morgan fingerprint density at radius 2 is 2.11 bits per heavy atom. The van der Waals surface area contributed by atoms with Gasteiger partial charge < -0.3 is 10.2 Å². The van der Waals surface area contributed by atoms with Crippen molar-refractivity contribution in [2.24, 2.45) is 0 Å². The molecule has 0 amide bonds. The number of hydrogen-bond acceptors (Lipinski definition) is 2. The topological polar surface area (TPSA) is 15.3 Å². The molecule has 1 rings (SSSR count). The van der Waals surface area contributed by atoms with Crippen molar-refractivity contribution in [2.75, 3.05) is 7.05 Å². The summed E-state index contributed by atoms with van der Waals surface area (Å²) in [6, 6.07) is 0. The van der Waals surface area contributed by atoms with Crippen LogP contribution in [0.2, 0.25) is 0 Å². The molecule has 1 heterocycles. The Morgan fingerprint density at radius 3 is 2.22 bits per heavy atom. The van der Waals surface area contributed by atoms with Gasteiger partial charge in [0.15, 0.2) is 0 Å². The van der Waals surface area contributed by atoms with E-state index in [1.165, 1.54) is 0 Å². The molecule has 0 atom stereocenters. The molecule has 0 aromatic heterocycles. The first-order chi connectivity index (χ1) is 4.30. The molecule has 0 aromatic carbocycles. The molecule has 1 aliphatic rings. The average Bonchev–Trinajstić information content (AvgIpc) is 2.23. The quantitative estimate of drug-likeness (QED) is 0.529. The van der Waals surface area contributed by atoms with Crippen LogP contribution in [0, 0.1) is 0 Å². The Kier molecular flexibility index (Phi) is 3.60. The van der Waals surface area contributed by atoms with E-state index >= 15 is 0 Å². The first kappa shape index (κ1) is 8.08. The van der Waals surface area contributed by atoms with E-state index in [0.29, 0.717) is 0 Å². The van der Waals surface area contributed by atoms with Gasteiger partial charge in [0.25, 0.3) is 0 Å². The van der Waals surface area contributed by atoms with Crippen LogP contribution < -0.4 is 5.32 Å². The summed E-state index contributed by atoms with van der Waals surface area (Å²) in [6.45, 7) is 7.69. The van der Waals surface area contributed by atoms with Crippen molar-refractivity contribution >= 4 is 0 Å². The number of rotatable bonds is 0. The molecule has 0 aromatic rings. The number of nitrogens with one attached hydrogen (secondary N) is 1. The third kappa shape index (κ3) is 2.22. The highest BCUT2D eigenvalue weighted by Gasteiger charge is 1.98. The second kappa shape index (κ2) is 4.01. The summed E-state index contributed by atoms with van der Waals surface area (Å²) in [7, 11) is 1.94. The molecule has 0 spiro atoms. The molecule has 0 unspecified atom stereocenters. The lowest BCUT2D eigenvalue weighted by molar-refractivity contribution is 0.574. The fourth-order valence-electron chi connectivity index (χ4n) is 0.437. The van der Waals surface area contributed by atoms with Crippen molar-refractivity contribution < 1.29 is 0 Å². The minimum absolute atomic E-state index is 0.931. The van der Waals surface area contributed by atoms with Crippen molar-refractivity contribution in [2.45, 2.75) is 13.8 Å². The Bertz CT molecular complexity index is 116. The van der Waals surface area contributed by atoms with Crippen LogP contribution in [-0.4, -0.2) is 11.9 Å². The molecular formula is C7H14N2. The average molecular weight is 126 g/mol. The van der Waals surface area contributed by atoms with Gasteiger partial charge in [0.1, 0.15) is 5.82 Å². The van der Waals surface area contributed by atoms with Gasteiger partial charge in [-0.2, -0.15) is 0 Å². The summed E-state index contributed by atoms with van der Waals surface area (Å²) in [4.78, 5) is 1.92. The van der Waals surface area contributed by atoms with Crippen molar-refractivity contribution in [3.8, 4) is 0 Å². The van der Waals surface area contributed by atoms with Gasteiger partial charge in [-0.05, 0) is 0 Å². The SMILES string of the molecule is C=C1NC=CN1C.CC. The van der Waals surface area contributed by atoms with Gasteiger partial charge >= 0.3 is 0 Å². The molecular weight excluding hydrogens is 112 g/mol. The van der Waals surface area contributed by atoms with Gasteiger partial charge in [-0.3, -0.25) is 0 Å². The smallest absolute Gasteiger partial charge is 0.102 e. The van der Waals surface area contributed by atoms with Crippen molar-refractivity contribution in [3.05, 3.63) is 24.8 Å². The molecule has 0 radical (unpaired) electrons. The van der Waals surface area contributed by atoms with E-state index in [4.69, 9.17) is 0 Å². The highest BCUT2D eigenvalue weighted by atomic mass is 15.2. The molecule has 1 aliphatic heterocycles. The third-order valence-electron chi connectivity index (χ3n) is 0.974. The lowest BCUT2D eigenvalue weighted by Crippen LogP contribution is -2.10. The summed E-state index contributed by atoms with van der Waals surface area (Å²) >= 11 is 0. The van der Waals surface area contributed by atoms with Gasteiger partial charge in [0.05, 0.1) is 0 Å². The van der Waals surface area contributed by atoms with Crippen molar-refractivity contribution in [3.63, 3.8) is 0 Å². The van der Waals surface area contributed by atoms with Gasteiger partial charge in [-0.25, -0.2) is 0 Å². The van der Waals surface area contributed by atoms with Crippen LogP contribution in [0.1, 0.15) is 13.8 Å². The molecule has 0 aliphatic carbocycles. The molecule has 0 saturated carbocycles. The van der Waals surface area contributed by atoms with Crippen LogP contribution in [0.25, 0.3) is 0 Å². The first-order valence-corrected chi connectivity index (χ1v) is 3.15. The fourth-order valence-corrected chi connectivity index (χ4v) is 0.437. The zero-order chi connectivity index (χ0) is 7.28. The Morgan fingerprint density at radius 1 is 1.56 bits per heavy atom. The minimum atomic E-state index is 0.931. The maximum Gasteiger partial charge on any atom is 0.102 e. The lowest BCUT2D eigenvalue weighted by Gasteiger charge is -2.06. The molecule has 0 bridgehead atoms. The maximum absolute atomic E-state index is 3.69. The largest absolute Gasteiger partial charge is 0.347 e. The number of nitrogens with zero attached hydrogens (tertiary/aromatic N) is 1. The normalized spacial score (nSPS) is 14.6. The van der Waals surface area contributed by atoms with E-state index < -0.39 is 0 Å². The van der Waals surface area contributed by atoms with E-state index in [-0.39, 0.29) is 0 Å². The van der Waals surface area contributed by atoms with Crippen LogP contribution in [0.15, 0.2) is 24.8 Å². The minimum Gasteiger partial charge on any atom is -0.347 e. The summed E-state index contributed by atoms with van der Waals surface area (Å²) < 4.78 is 0. The van der Waals surface area contributed by atoms with Crippen LogP contribution in [-0.2, 0) is 0 Å². The molecule has 1 N–H and O–H groups in total. The van der Waals surface area contributed by atoms with Crippen LogP contribution in [0.4, 0.5) is 0 Å². The second-order valence-electron chi connectivity index (χ2n) is 1.52. The monoisotopic (exact) mass is 126 g/mol. The van der Waals surface area contributed by atoms with Gasteiger partial charge in [0, 0.05) is 19.4 Å². The van der Waals surface area contributed by atoms with Gasteiger partial charge in [-0.15, -0.1) is 0 Å². The standard InChI is InChI=1S/C5H8N2.C2H6/c1-5-6-3-4-7(5)2;1-2/h3-4,6H,1H2,2H3;1-2H3. The highest BCUT2D eigenvalue weighted by molar-refractivity contribution is 5.06. The number of hydrogen-bond donors (Lipinski definition) is 1. The summed E-state index contributed by atoms with van der Waals surface area (Å²) in [5.41, 5.74) is 0. The van der Waals surface area contributed by atoms with Crippen molar-refractivity contribution in [1.82, 2.24) is 10.2 Å². The van der Waals surface area contributed by atoms with Crippen LogP contribution in [0.3, 0.4) is 0 Å². The van der Waals surface area contributed by atoms with Gasteiger partial charge in [-0.1, -0.05) is 20.4 Å². The molecule has 2 nitrogen and oxygen atoms in total. The third-order valence-corrected chi connectivity index (χ3v) is 0.974. The lowest BCUT2D eigenvalue weighted by atomic mass is 10.7. The molecule has 0 saturated heterocycles. The van der Waals surface area contributed by atoms with E-state index in [9.17, 15) is 0 Å². The van der Waals surface area contributed by atoms with Gasteiger partial charge in [0.2, 0.25) is 0 Å². The fraction of sp³-hybridized carbons (Fsp3) is 0.429. The predicted octanol–water partition coefficient (Wildman–Crippen LogP) is 1.49. The zero-order valence-corrected chi connectivity index (χ0v) is 6.31. The van der Waals surface area contributed by atoms with Crippen molar-refractivity contribution in [1.29, 1.82) is 0 Å².